The molecule has 0 unspecified atom stereocenters. The molecule has 3 rings (SSSR count). The minimum Gasteiger partial charge on any atom is -0.497 e. The highest BCUT2D eigenvalue weighted by Gasteiger charge is 2.14. The number of rotatable bonds is 6. The molecule has 0 saturated heterocycles. The maximum atomic E-state index is 12.4. The summed E-state index contributed by atoms with van der Waals surface area (Å²) in [5, 5.41) is 6.20. The summed E-state index contributed by atoms with van der Waals surface area (Å²) in [6.45, 7) is 0.180. The second kappa shape index (κ2) is 7.12. The number of benzene rings is 1. The van der Waals surface area contributed by atoms with Crippen molar-refractivity contribution < 1.29 is 18.7 Å². The number of amides is 2. The van der Waals surface area contributed by atoms with Crippen molar-refractivity contribution in [2.24, 2.45) is 7.05 Å². The van der Waals surface area contributed by atoms with E-state index in [2.05, 4.69) is 10.6 Å². The van der Waals surface area contributed by atoms with Gasteiger partial charge in [-0.2, -0.15) is 0 Å². The first-order chi connectivity index (χ1) is 12.1. The molecule has 2 N–H and O–H groups in total. The van der Waals surface area contributed by atoms with Gasteiger partial charge in [0.1, 0.15) is 17.2 Å². The number of nitrogens with one attached hydrogen (secondary N) is 2. The summed E-state index contributed by atoms with van der Waals surface area (Å²) in [7, 11) is 3.40. The predicted molar refractivity (Wildman–Crippen MR) is 92.4 cm³/mol. The van der Waals surface area contributed by atoms with E-state index in [4.69, 9.17) is 9.15 Å². The third kappa shape index (κ3) is 3.65. The molecule has 7 nitrogen and oxygen atoms in total. The maximum Gasteiger partial charge on any atom is 0.268 e. The highest BCUT2D eigenvalue weighted by atomic mass is 16.5. The number of aryl methyl sites for hydroxylation is 1. The number of ether oxygens (including phenoxy) is 1. The molecule has 0 atom stereocenters. The number of carbonyl (C=O) groups excluding carboxylic acids is 2. The van der Waals surface area contributed by atoms with Crippen LogP contribution >= 0.6 is 0 Å². The molecule has 0 aliphatic heterocycles. The van der Waals surface area contributed by atoms with Gasteiger partial charge in [0.2, 0.25) is 5.91 Å². The molecular weight excluding hydrogens is 322 g/mol. The maximum absolute atomic E-state index is 12.4. The standard InChI is InChI=1S/C18H19N3O4/c1-21-15-6-5-13(24-2)8-12(15)9-16(21)18(23)20-11-17(22)19-10-14-4-3-7-25-14/h3-9H,10-11H2,1-2H3,(H,19,22)(H,20,23). The Hall–Kier alpha value is -3.22. The van der Waals surface area contributed by atoms with Crippen molar-refractivity contribution in [1.82, 2.24) is 15.2 Å². The van der Waals surface area contributed by atoms with Crippen LogP contribution in [-0.4, -0.2) is 30.0 Å². The molecule has 0 bridgehead atoms. The van der Waals surface area contributed by atoms with Crippen molar-refractivity contribution in [1.29, 1.82) is 0 Å². The van der Waals surface area contributed by atoms with Crippen molar-refractivity contribution in [3.63, 3.8) is 0 Å². The topological polar surface area (TPSA) is 85.5 Å². The summed E-state index contributed by atoms with van der Waals surface area (Å²) in [6.07, 6.45) is 1.54. The summed E-state index contributed by atoms with van der Waals surface area (Å²) in [6, 6.07) is 10.9. The van der Waals surface area contributed by atoms with Crippen LogP contribution in [-0.2, 0) is 18.4 Å². The zero-order valence-corrected chi connectivity index (χ0v) is 14.0. The first-order valence-electron chi connectivity index (χ1n) is 7.79. The molecule has 2 amide bonds. The number of methoxy groups -OCH3 is 1. The average Bonchev–Trinajstić information content (AvgIpc) is 3.25. The van der Waals surface area contributed by atoms with Gasteiger partial charge in [-0.3, -0.25) is 9.59 Å². The minimum absolute atomic E-state index is 0.107. The molecule has 0 aliphatic rings. The van der Waals surface area contributed by atoms with E-state index in [-0.39, 0.29) is 24.9 Å². The second-order valence-electron chi connectivity index (χ2n) is 5.55. The molecule has 0 aliphatic carbocycles. The van der Waals surface area contributed by atoms with Crippen molar-refractivity contribution in [3.8, 4) is 5.75 Å². The molecule has 0 spiro atoms. The minimum atomic E-state index is -0.314. The fraction of sp³-hybridized carbons (Fsp3) is 0.222. The van der Waals surface area contributed by atoms with Crippen molar-refractivity contribution in [2.75, 3.05) is 13.7 Å². The van der Waals surface area contributed by atoms with E-state index in [1.807, 2.05) is 18.2 Å². The average molecular weight is 341 g/mol. The van der Waals surface area contributed by atoms with E-state index < -0.39 is 0 Å². The largest absolute Gasteiger partial charge is 0.497 e. The number of nitrogens with zero attached hydrogens (tertiary/aromatic N) is 1. The Kier molecular flexibility index (Phi) is 4.74. The molecule has 1 aromatic carbocycles. The lowest BCUT2D eigenvalue weighted by atomic mass is 10.2. The lowest BCUT2D eigenvalue weighted by Gasteiger charge is -2.07. The van der Waals surface area contributed by atoms with Gasteiger partial charge in [0, 0.05) is 18.0 Å². The Bertz CT molecular complexity index is 897. The van der Waals surface area contributed by atoms with Crippen LogP contribution in [0, 0.1) is 0 Å². The van der Waals surface area contributed by atoms with Crippen LogP contribution in [0.4, 0.5) is 0 Å². The highest BCUT2D eigenvalue weighted by molar-refractivity contribution is 6.00. The van der Waals surface area contributed by atoms with Gasteiger partial charge in [0.25, 0.3) is 5.91 Å². The van der Waals surface area contributed by atoms with E-state index >= 15 is 0 Å². The van der Waals surface area contributed by atoms with Crippen LogP contribution in [0.3, 0.4) is 0 Å². The molecule has 0 saturated carbocycles. The van der Waals surface area contributed by atoms with Gasteiger partial charge in [0.05, 0.1) is 26.5 Å². The van der Waals surface area contributed by atoms with Gasteiger partial charge in [-0.25, -0.2) is 0 Å². The quantitative estimate of drug-likeness (QED) is 0.716. The van der Waals surface area contributed by atoms with E-state index in [0.29, 0.717) is 11.5 Å². The van der Waals surface area contributed by atoms with Gasteiger partial charge < -0.3 is 24.4 Å². The van der Waals surface area contributed by atoms with Gasteiger partial charge in [-0.15, -0.1) is 0 Å². The zero-order valence-electron chi connectivity index (χ0n) is 14.0. The molecule has 0 radical (unpaired) electrons. The number of furan rings is 1. The molecule has 7 heteroatoms. The molecule has 2 aromatic heterocycles. The summed E-state index contributed by atoms with van der Waals surface area (Å²) < 4.78 is 12.1. The number of fused-ring (bicyclic) bond motifs is 1. The molecule has 0 fully saturated rings. The fourth-order valence-electron chi connectivity index (χ4n) is 2.58. The van der Waals surface area contributed by atoms with Gasteiger partial charge in [-0.05, 0) is 36.4 Å². The Morgan fingerprint density at radius 2 is 2.04 bits per heavy atom. The SMILES string of the molecule is COc1ccc2c(c1)cc(C(=O)NCC(=O)NCc1ccco1)n2C. The van der Waals surface area contributed by atoms with Crippen molar-refractivity contribution in [2.45, 2.75) is 6.54 Å². The lowest BCUT2D eigenvalue weighted by molar-refractivity contribution is -0.120. The molecule has 130 valence electrons. The number of aromatic nitrogens is 1. The molecule has 2 heterocycles. The van der Waals surface area contributed by atoms with Gasteiger partial charge in [0.15, 0.2) is 0 Å². The van der Waals surface area contributed by atoms with Gasteiger partial charge in [-0.1, -0.05) is 0 Å². The Morgan fingerprint density at radius 1 is 1.20 bits per heavy atom. The number of carbonyl (C=O) groups is 2. The number of hydrogen-bond donors (Lipinski definition) is 2. The normalized spacial score (nSPS) is 10.6. The van der Waals surface area contributed by atoms with Crippen molar-refractivity contribution >= 4 is 22.7 Å². The zero-order chi connectivity index (χ0) is 17.8. The highest BCUT2D eigenvalue weighted by Crippen LogP contribution is 2.23. The van der Waals surface area contributed by atoms with Crippen LogP contribution in [0.15, 0.2) is 47.1 Å². The van der Waals surface area contributed by atoms with Crippen LogP contribution in [0.25, 0.3) is 10.9 Å². The number of hydrogen-bond acceptors (Lipinski definition) is 4. The Labute approximate surface area is 144 Å². The Morgan fingerprint density at radius 3 is 2.76 bits per heavy atom. The smallest absolute Gasteiger partial charge is 0.268 e. The van der Waals surface area contributed by atoms with E-state index in [9.17, 15) is 9.59 Å². The van der Waals surface area contributed by atoms with Crippen LogP contribution < -0.4 is 15.4 Å². The summed E-state index contributed by atoms with van der Waals surface area (Å²) in [4.78, 5) is 24.2. The first kappa shape index (κ1) is 16.6. The third-order valence-electron chi connectivity index (χ3n) is 3.93. The van der Waals surface area contributed by atoms with Crippen LogP contribution in [0.5, 0.6) is 5.75 Å². The van der Waals surface area contributed by atoms with E-state index in [0.717, 1.165) is 16.7 Å². The summed E-state index contributed by atoms with van der Waals surface area (Å²) in [5.41, 5.74) is 1.38. The molecular formula is C18H19N3O4. The van der Waals surface area contributed by atoms with E-state index in [1.54, 1.807) is 43.2 Å². The van der Waals surface area contributed by atoms with Crippen LogP contribution in [0.2, 0.25) is 0 Å². The third-order valence-corrected chi connectivity index (χ3v) is 3.93. The lowest BCUT2D eigenvalue weighted by Crippen LogP contribution is -2.37. The monoisotopic (exact) mass is 341 g/mol. The Balaban J connectivity index is 1.62. The van der Waals surface area contributed by atoms with Crippen molar-refractivity contribution in [3.05, 3.63) is 54.1 Å². The summed E-state index contributed by atoms with van der Waals surface area (Å²) >= 11 is 0. The van der Waals surface area contributed by atoms with Gasteiger partial charge >= 0.3 is 0 Å². The second-order valence-corrected chi connectivity index (χ2v) is 5.55. The summed E-state index contributed by atoms with van der Waals surface area (Å²) in [5.74, 6) is 0.778. The van der Waals surface area contributed by atoms with Crippen LogP contribution in [0.1, 0.15) is 16.2 Å². The predicted octanol–water partition coefficient (Wildman–Crippen LogP) is 1.83. The molecule has 25 heavy (non-hydrogen) atoms. The molecule has 3 aromatic rings. The van der Waals surface area contributed by atoms with E-state index in [1.165, 1.54) is 0 Å². The fourth-order valence-corrected chi connectivity index (χ4v) is 2.58. The first-order valence-corrected chi connectivity index (χ1v) is 7.79.